The molecule has 8 aliphatic rings. The van der Waals surface area contributed by atoms with E-state index in [0.717, 1.165) is 23.7 Å². The van der Waals surface area contributed by atoms with Gasteiger partial charge in [-0.1, -0.05) is 35.3 Å². The predicted molar refractivity (Wildman–Crippen MR) is 187 cm³/mol. The molecule has 0 spiro atoms. The van der Waals surface area contributed by atoms with Crippen LogP contribution in [0.15, 0.2) is 30.3 Å². The zero-order chi connectivity index (χ0) is 33.7. The molecule has 8 fully saturated rings. The molecule has 0 aromatic heterocycles. The van der Waals surface area contributed by atoms with Crippen LogP contribution < -0.4 is 21.3 Å². The first-order valence-electron chi connectivity index (χ1n) is 17.6. The lowest BCUT2D eigenvalue weighted by molar-refractivity contribution is -0.00884. The van der Waals surface area contributed by atoms with Gasteiger partial charge in [0.15, 0.2) is 5.75 Å². The van der Waals surface area contributed by atoms with Crippen molar-refractivity contribution in [2.24, 2.45) is 47.3 Å². The quantitative estimate of drug-likeness (QED) is 0.158. The highest BCUT2D eigenvalue weighted by Gasteiger charge is 2.49. The molecule has 11 heteroatoms. The highest BCUT2D eigenvalue weighted by Crippen LogP contribution is 2.55. The molecule has 48 heavy (non-hydrogen) atoms. The topological polar surface area (TPSA) is 129 Å². The van der Waals surface area contributed by atoms with Gasteiger partial charge in [0.2, 0.25) is 0 Å². The fourth-order valence-electron chi connectivity index (χ4n) is 10.6. The molecule has 5 N–H and O–H groups in total. The van der Waals surface area contributed by atoms with Crippen molar-refractivity contribution in [3.63, 3.8) is 0 Å². The first kappa shape index (κ1) is 33.3. The molecular formula is C37H46Cl2N4O5. The molecule has 10 rings (SSSR count). The van der Waals surface area contributed by atoms with Gasteiger partial charge in [-0.15, -0.1) is 0 Å². The predicted octanol–water partition coefficient (Wildman–Crippen LogP) is 8.37. The fourth-order valence-corrected chi connectivity index (χ4v) is 11.1. The van der Waals surface area contributed by atoms with E-state index in [-0.39, 0.29) is 40.6 Å². The zero-order valence-corrected chi connectivity index (χ0v) is 29.1. The van der Waals surface area contributed by atoms with Gasteiger partial charge in [-0.3, -0.25) is 0 Å². The van der Waals surface area contributed by atoms with Crippen molar-refractivity contribution in [1.82, 2.24) is 10.6 Å². The molecule has 2 aromatic rings. The minimum absolute atomic E-state index is 0.140. The molecule has 8 aliphatic carbocycles. The van der Waals surface area contributed by atoms with Gasteiger partial charge in [0.1, 0.15) is 0 Å². The Morgan fingerprint density at radius 2 is 1.15 bits per heavy atom. The summed E-state index contributed by atoms with van der Waals surface area (Å²) in [4.78, 5) is 36.8. The third-order valence-corrected chi connectivity index (χ3v) is 13.2. The van der Waals surface area contributed by atoms with Crippen molar-refractivity contribution < 1.29 is 24.2 Å². The van der Waals surface area contributed by atoms with E-state index in [9.17, 15) is 19.5 Å². The lowest BCUT2D eigenvalue weighted by atomic mass is 9.54. The van der Waals surface area contributed by atoms with Crippen molar-refractivity contribution in [3.05, 3.63) is 51.5 Å². The second-order valence-corrected chi connectivity index (χ2v) is 16.1. The number of esters is 1. The summed E-state index contributed by atoms with van der Waals surface area (Å²) in [6.07, 6.45) is 12.8. The minimum atomic E-state index is -0.444. The van der Waals surface area contributed by atoms with E-state index in [1.807, 2.05) is 0 Å². The molecule has 258 valence electrons. The number of hydrogen-bond acceptors (Lipinski definition) is 5. The Hall–Kier alpha value is -3.17. The Bertz CT molecular complexity index is 1530. The number of hydrogen-bond donors (Lipinski definition) is 5. The largest absolute Gasteiger partial charge is 0.504 e. The molecule has 0 atom stereocenters. The van der Waals surface area contributed by atoms with Gasteiger partial charge in [-0.2, -0.15) is 0 Å². The Morgan fingerprint density at radius 3 is 1.60 bits per heavy atom. The number of anilines is 2. The molecule has 4 amide bonds. The summed E-state index contributed by atoms with van der Waals surface area (Å²) in [5.41, 5.74) is 1.71. The molecule has 2 aromatic carbocycles. The number of methoxy groups -OCH3 is 1. The summed E-state index contributed by atoms with van der Waals surface area (Å²) in [7, 11) is 1.34. The summed E-state index contributed by atoms with van der Waals surface area (Å²) in [5, 5.41) is 22.6. The van der Waals surface area contributed by atoms with E-state index in [4.69, 9.17) is 27.9 Å². The summed E-state index contributed by atoms with van der Waals surface area (Å²) >= 11 is 12.2. The lowest BCUT2D eigenvalue weighted by Gasteiger charge is -2.54. The molecule has 0 aliphatic heterocycles. The lowest BCUT2D eigenvalue weighted by Crippen LogP contribution is -2.56. The first-order valence-corrected chi connectivity index (χ1v) is 18.3. The van der Waals surface area contributed by atoms with Crippen molar-refractivity contribution in [1.29, 1.82) is 0 Å². The highest BCUT2D eigenvalue weighted by molar-refractivity contribution is 6.37. The molecule has 0 heterocycles. The number of halogens is 2. The second-order valence-electron chi connectivity index (χ2n) is 15.3. The van der Waals surface area contributed by atoms with Gasteiger partial charge in [0.25, 0.3) is 0 Å². The standard InChI is InChI=1S/C19H24N2O3.C18H22Cl2N2O2/c1-24-18(22)15-4-2-3-5-16(15)20-19(23)21-17-13-7-11-6-12(9-13)10-14(17)8-11;1-8-13(19)7-14(17(23)15(8)20)21-18(24)22-16-11-3-9-2-10(5-11)6-12(16)4-9/h2-5,11-14,17H,6-10H2,1H3,(H2,20,21,23);7,9-12,16,23H,2-6H2,1H3,(H2,21,22,24). The summed E-state index contributed by atoms with van der Waals surface area (Å²) in [5.74, 6) is 5.38. The van der Waals surface area contributed by atoms with E-state index in [2.05, 4.69) is 21.3 Å². The monoisotopic (exact) mass is 696 g/mol. The van der Waals surface area contributed by atoms with Crippen molar-refractivity contribution in [3.8, 4) is 5.75 Å². The van der Waals surface area contributed by atoms with E-state index in [0.29, 0.717) is 45.5 Å². The minimum Gasteiger partial charge on any atom is -0.504 e. The number of carbonyl (C=O) groups excluding carboxylic acids is 3. The van der Waals surface area contributed by atoms with E-state index in [1.54, 1.807) is 31.2 Å². The van der Waals surface area contributed by atoms with Crippen molar-refractivity contribution >= 4 is 52.6 Å². The fraction of sp³-hybridized carbons (Fsp3) is 0.595. The number of ether oxygens (including phenoxy) is 1. The van der Waals surface area contributed by atoms with Crippen LogP contribution in [-0.2, 0) is 4.74 Å². The van der Waals surface area contributed by atoms with Crippen LogP contribution in [0.2, 0.25) is 10.0 Å². The zero-order valence-electron chi connectivity index (χ0n) is 27.6. The number of amides is 4. The van der Waals surface area contributed by atoms with E-state index < -0.39 is 5.97 Å². The summed E-state index contributed by atoms with van der Waals surface area (Å²) in [6.45, 7) is 1.72. The number of phenols is 1. The third-order valence-electron chi connectivity index (χ3n) is 12.3. The van der Waals surface area contributed by atoms with E-state index in [1.165, 1.54) is 77.4 Å². The molecule has 8 bridgehead atoms. The van der Waals surface area contributed by atoms with Crippen LogP contribution in [0, 0.1) is 54.3 Å². The van der Waals surface area contributed by atoms with Crippen LogP contribution >= 0.6 is 23.2 Å². The number of urea groups is 2. The molecule has 8 saturated carbocycles. The van der Waals surface area contributed by atoms with Crippen molar-refractivity contribution in [2.45, 2.75) is 83.2 Å². The number of nitrogens with one attached hydrogen (secondary N) is 4. The summed E-state index contributed by atoms with van der Waals surface area (Å²) < 4.78 is 4.78. The average Bonchev–Trinajstić information content (AvgIpc) is 3.05. The number of phenolic OH excluding ortho intramolecular Hbond substituents is 1. The van der Waals surface area contributed by atoms with E-state index >= 15 is 0 Å². The number of benzene rings is 2. The Balaban J connectivity index is 0.000000152. The van der Waals surface area contributed by atoms with Crippen LogP contribution in [0.5, 0.6) is 5.75 Å². The van der Waals surface area contributed by atoms with Crippen LogP contribution in [0.25, 0.3) is 0 Å². The number of rotatable bonds is 5. The SMILES string of the molecule is COC(=O)c1ccccc1NC(=O)NC1C2CC3CC(C2)CC1C3.Cc1c(Cl)cc(NC(=O)NC2C3CC4CC(C3)CC2C4)c(O)c1Cl. The molecule has 0 radical (unpaired) electrons. The van der Waals surface area contributed by atoms with Gasteiger partial charge in [-0.25, -0.2) is 14.4 Å². The maximum Gasteiger partial charge on any atom is 0.339 e. The van der Waals surface area contributed by atoms with Gasteiger partial charge in [0, 0.05) is 17.1 Å². The van der Waals surface area contributed by atoms with Crippen LogP contribution in [0.4, 0.5) is 21.0 Å². The maximum absolute atomic E-state index is 12.5. The van der Waals surface area contributed by atoms with Gasteiger partial charge < -0.3 is 31.1 Å². The molecule has 0 unspecified atom stereocenters. The number of para-hydroxylation sites is 1. The normalized spacial score (nSPS) is 33.3. The molecule has 9 nitrogen and oxygen atoms in total. The Morgan fingerprint density at radius 1 is 0.708 bits per heavy atom. The Labute approximate surface area is 292 Å². The van der Waals surface area contributed by atoms with Gasteiger partial charge >= 0.3 is 18.0 Å². The second kappa shape index (κ2) is 13.6. The third kappa shape index (κ3) is 6.69. The Kier molecular flexibility index (Phi) is 9.46. The number of carbonyl (C=O) groups is 3. The van der Waals surface area contributed by atoms with Gasteiger partial charge in [0.05, 0.1) is 29.1 Å². The first-order chi connectivity index (χ1) is 23.1. The van der Waals surface area contributed by atoms with Crippen molar-refractivity contribution in [2.75, 3.05) is 17.7 Å². The van der Waals surface area contributed by atoms with Crippen LogP contribution in [-0.4, -0.2) is 42.3 Å². The average molecular weight is 698 g/mol. The highest BCUT2D eigenvalue weighted by atomic mass is 35.5. The van der Waals surface area contributed by atoms with Crippen LogP contribution in [0.3, 0.4) is 0 Å². The maximum atomic E-state index is 12.5. The number of aromatic hydroxyl groups is 1. The summed E-state index contributed by atoms with van der Waals surface area (Å²) in [6, 6.07) is 8.49. The molecule has 0 saturated heterocycles. The molecular weight excluding hydrogens is 651 g/mol. The van der Waals surface area contributed by atoms with Crippen LogP contribution in [0.1, 0.15) is 80.1 Å². The smallest absolute Gasteiger partial charge is 0.339 e. The van der Waals surface area contributed by atoms with Gasteiger partial charge in [-0.05, 0) is 142 Å².